The lowest BCUT2D eigenvalue weighted by Crippen LogP contribution is -1.98. The number of aromatic nitrogens is 3. The minimum Gasteiger partial charge on any atom is -0.367 e. The third-order valence-electron chi connectivity index (χ3n) is 1.89. The maximum absolute atomic E-state index is 4.97. The van der Waals surface area contributed by atoms with E-state index in [-0.39, 0.29) is 0 Å². The molecule has 5 heteroatoms. The Labute approximate surface area is 81.5 Å². The number of H-pyrrole nitrogens is 1. The van der Waals surface area contributed by atoms with E-state index in [0.717, 1.165) is 17.8 Å². The number of anilines is 1. The molecule has 2 aromatic heterocycles. The Bertz CT molecular complexity index is 379. The predicted molar refractivity (Wildman–Crippen MR) is 51.8 cm³/mol. The largest absolute Gasteiger partial charge is 0.367 e. The molecule has 0 saturated carbocycles. The van der Waals surface area contributed by atoms with E-state index >= 15 is 0 Å². The number of aromatic amines is 1. The van der Waals surface area contributed by atoms with Crippen molar-refractivity contribution in [1.82, 2.24) is 15.1 Å². The van der Waals surface area contributed by atoms with Crippen LogP contribution in [0.5, 0.6) is 0 Å². The van der Waals surface area contributed by atoms with E-state index in [2.05, 4.69) is 20.4 Å². The summed E-state index contributed by atoms with van der Waals surface area (Å²) in [5.74, 6) is 0.724. The molecule has 0 aliphatic carbocycles. The van der Waals surface area contributed by atoms with Crippen molar-refractivity contribution >= 4 is 6.01 Å². The highest BCUT2D eigenvalue weighted by Crippen LogP contribution is 2.06. The third-order valence-corrected chi connectivity index (χ3v) is 1.89. The SMILES string of the molecule is CCc1noc(NCc2cc[nH]c2)n1. The van der Waals surface area contributed by atoms with Gasteiger partial charge in [-0.2, -0.15) is 4.98 Å². The molecule has 0 bridgehead atoms. The van der Waals surface area contributed by atoms with Gasteiger partial charge in [-0.05, 0) is 11.6 Å². The quantitative estimate of drug-likeness (QED) is 0.771. The monoisotopic (exact) mass is 192 g/mol. The fourth-order valence-corrected chi connectivity index (χ4v) is 1.12. The summed E-state index contributed by atoms with van der Waals surface area (Å²) in [6.07, 6.45) is 4.59. The molecule has 0 saturated heterocycles. The van der Waals surface area contributed by atoms with Gasteiger partial charge in [0, 0.05) is 25.4 Å². The minimum absolute atomic E-state index is 0.475. The van der Waals surface area contributed by atoms with E-state index in [0.29, 0.717) is 12.6 Å². The molecule has 74 valence electrons. The Morgan fingerprint density at radius 2 is 2.50 bits per heavy atom. The summed E-state index contributed by atoms with van der Waals surface area (Å²) in [5, 5.41) is 6.82. The van der Waals surface area contributed by atoms with Crippen molar-refractivity contribution < 1.29 is 4.52 Å². The highest BCUT2D eigenvalue weighted by atomic mass is 16.5. The summed E-state index contributed by atoms with van der Waals surface area (Å²) in [7, 11) is 0. The van der Waals surface area contributed by atoms with Crippen LogP contribution >= 0.6 is 0 Å². The molecular weight excluding hydrogens is 180 g/mol. The maximum atomic E-state index is 4.97. The first-order chi connectivity index (χ1) is 6.88. The number of nitrogens with one attached hydrogen (secondary N) is 2. The van der Waals surface area contributed by atoms with Crippen molar-refractivity contribution in [3.63, 3.8) is 0 Å². The maximum Gasteiger partial charge on any atom is 0.321 e. The van der Waals surface area contributed by atoms with Gasteiger partial charge in [-0.1, -0.05) is 12.1 Å². The number of hydrogen-bond acceptors (Lipinski definition) is 4. The lowest BCUT2D eigenvalue weighted by Gasteiger charge is -1.96. The van der Waals surface area contributed by atoms with Crippen molar-refractivity contribution in [2.45, 2.75) is 19.9 Å². The smallest absolute Gasteiger partial charge is 0.321 e. The van der Waals surface area contributed by atoms with Crippen LogP contribution in [0.4, 0.5) is 6.01 Å². The van der Waals surface area contributed by atoms with Crippen LogP contribution in [0.3, 0.4) is 0 Å². The molecule has 2 aromatic rings. The Morgan fingerprint density at radius 1 is 1.57 bits per heavy atom. The van der Waals surface area contributed by atoms with E-state index in [1.165, 1.54) is 0 Å². The van der Waals surface area contributed by atoms with Crippen molar-refractivity contribution in [2.75, 3.05) is 5.32 Å². The Balaban J connectivity index is 1.92. The van der Waals surface area contributed by atoms with Gasteiger partial charge in [0.25, 0.3) is 0 Å². The van der Waals surface area contributed by atoms with E-state index in [1.54, 1.807) is 0 Å². The zero-order chi connectivity index (χ0) is 9.80. The first-order valence-corrected chi connectivity index (χ1v) is 4.56. The molecule has 2 N–H and O–H groups in total. The lowest BCUT2D eigenvalue weighted by molar-refractivity contribution is 0.423. The molecule has 2 heterocycles. The third kappa shape index (κ3) is 1.93. The summed E-state index contributed by atoms with van der Waals surface area (Å²) in [5.41, 5.74) is 1.15. The summed E-state index contributed by atoms with van der Waals surface area (Å²) in [4.78, 5) is 7.10. The molecule has 0 amide bonds. The molecule has 0 atom stereocenters. The highest BCUT2D eigenvalue weighted by Gasteiger charge is 2.02. The molecule has 0 spiro atoms. The van der Waals surface area contributed by atoms with Crippen LogP contribution in [-0.2, 0) is 13.0 Å². The molecular formula is C9H12N4O. The zero-order valence-corrected chi connectivity index (χ0v) is 7.95. The molecule has 0 aliphatic heterocycles. The molecule has 14 heavy (non-hydrogen) atoms. The van der Waals surface area contributed by atoms with Crippen LogP contribution in [0.1, 0.15) is 18.3 Å². The number of hydrogen-bond donors (Lipinski definition) is 2. The molecule has 0 unspecified atom stereocenters. The first-order valence-electron chi connectivity index (χ1n) is 4.56. The van der Waals surface area contributed by atoms with Crippen LogP contribution < -0.4 is 5.32 Å². The second-order valence-corrected chi connectivity index (χ2v) is 2.94. The van der Waals surface area contributed by atoms with Gasteiger partial charge >= 0.3 is 6.01 Å². The highest BCUT2D eigenvalue weighted by molar-refractivity contribution is 5.22. The van der Waals surface area contributed by atoms with Gasteiger partial charge in [0.15, 0.2) is 5.82 Å². The fraction of sp³-hybridized carbons (Fsp3) is 0.333. The Morgan fingerprint density at radius 3 is 3.14 bits per heavy atom. The standard InChI is InChI=1S/C9H12N4O/c1-2-8-12-9(14-13-8)11-6-7-3-4-10-5-7/h3-5,10H,2,6H2,1H3,(H,11,12,13). The van der Waals surface area contributed by atoms with E-state index in [4.69, 9.17) is 4.52 Å². The van der Waals surface area contributed by atoms with Crippen molar-refractivity contribution in [2.24, 2.45) is 0 Å². The molecule has 0 aliphatic rings. The van der Waals surface area contributed by atoms with Crippen LogP contribution in [0.2, 0.25) is 0 Å². The van der Waals surface area contributed by atoms with Gasteiger partial charge in [0.1, 0.15) is 0 Å². The number of rotatable bonds is 4. The van der Waals surface area contributed by atoms with Crippen molar-refractivity contribution in [3.8, 4) is 0 Å². The van der Waals surface area contributed by atoms with Gasteiger partial charge < -0.3 is 14.8 Å². The predicted octanol–water partition coefficient (Wildman–Crippen LogP) is 1.57. The lowest BCUT2D eigenvalue weighted by atomic mass is 10.3. The second-order valence-electron chi connectivity index (χ2n) is 2.94. The Kier molecular flexibility index (Phi) is 2.48. The minimum atomic E-state index is 0.475. The summed E-state index contributed by atoms with van der Waals surface area (Å²) in [6.45, 7) is 2.68. The van der Waals surface area contributed by atoms with Gasteiger partial charge in [-0.15, -0.1) is 0 Å². The van der Waals surface area contributed by atoms with Gasteiger partial charge in [0.2, 0.25) is 0 Å². The van der Waals surface area contributed by atoms with Gasteiger partial charge in [0.05, 0.1) is 0 Å². The zero-order valence-electron chi connectivity index (χ0n) is 7.95. The summed E-state index contributed by atoms with van der Waals surface area (Å²) < 4.78 is 4.97. The second kappa shape index (κ2) is 3.95. The Hall–Kier alpha value is -1.78. The average Bonchev–Trinajstić information content (AvgIpc) is 2.86. The van der Waals surface area contributed by atoms with Crippen LogP contribution in [0, 0.1) is 0 Å². The fourth-order valence-electron chi connectivity index (χ4n) is 1.12. The van der Waals surface area contributed by atoms with Crippen LogP contribution in [0.25, 0.3) is 0 Å². The molecule has 0 radical (unpaired) electrons. The summed E-state index contributed by atoms with van der Waals surface area (Å²) >= 11 is 0. The van der Waals surface area contributed by atoms with E-state index < -0.39 is 0 Å². The van der Waals surface area contributed by atoms with E-state index in [1.807, 2.05) is 25.4 Å². The van der Waals surface area contributed by atoms with Crippen LogP contribution in [-0.4, -0.2) is 15.1 Å². The average molecular weight is 192 g/mol. The van der Waals surface area contributed by atoms with Crippen molar-refractivity contribution in [3.05, 3.63) is 29.8 Å². The van der Waals surface area contributed by atoms with Crippen LogP contribution in [0.15, 0.2) is 23.0 Å². The molecule has 2 rings (SSSR count). The van der Waals surface area contributed by atoms with Gasteiger partial charge in [-0.3, -0.25) is 0 Å². The first kappa shape index (κ1) is 8.80. The van der Waals surface area contributed by atoms with Crippen molar-refractivity contribution in [1.29, 1.82) is 0 Å². The molecule has 5 nitrogen and oxygen atoms in total. The molecule has 0 aromatic carbocycles. The molecule has 0 fully saturated rings. The number of aryl methyl sites for hydroxylation is 1. The number of nitrogens with zero attached hydrogens (tertiary/aromatic N) is 2. The van der Waals surface area contributed by atoms with E-state index in [9.17, 15) is 0 Å². The topological polar surface area (TPSA) is 66.7 Å². The van der Waals surface area contributed by atoms with Gasteiger partial charge in [-0.25, -0.2) is 0 Å². The summed E-state index contributed by atoms with van der Waals surface area (Å²) in [6, 6.07) is 2.47. The normalized spacial score (nSPS) is 10.4.